The van der Waals surface area contributed by atoms with Crippen LogP contribution in [-0.4, -0.2) is 35.1 Å². The molecule has 0 unspecified atom stereocenters. The molecule has 2 amide bonds. The van der Waals surface area contributed by atoms with Gasteiger partial charge in [-0.25, -0.2) is 4.79 Å². The fourth-order valence-electron chi connectivity index (χ4n) is 4.51. The average molecular weight is 342 g/mol. The van der Waals surface area contributed by atoms with Gasteiger partial charge in [0.2, 0.25) is 0 Å². The number of amides is 2. The van der Waals surface area contributed by atoms with Crippen LogP contribution < -0.4 is 5.32 Å². The van der Waals surface area contributed by atoms with Crippen LogP contribution in [0.25, 0.3) is 11.0 Å². The van der Waals surface area contributed by atoms with E-state index in [0.717, 1.165) is 35.1 Å². The Morgan fingerprint density at radius 3 is 2.96 bits per heavy atom. The second kappa shape index (κ2) is 5.79. The maximum atomic E-state index is 12.6. The minimum absolute atomic E-state index is 0.0761. The van der Waals surface area contributed by atoms with Gasteiger partial charge in [0.15, 0.2) is 0 Å². The molecule has 2 atom stereocenters. The topological polar surface area (TPSA) is 82.8 Å². The molecule has 0 bridgehead atoms. The lowest BCUT2D eigenvalue weighted by atomic mass is 9.81. The van der Waals surface area contributed by atoms with E-state index >= 15 is 0 Å². The van der Waals surface area contributed by atoms with E-state index in [9.17, 15) is 14.7 Å². The Morgan fingerprint density at radius 1 is 1.40 bits per heavy atom. The number of carbonyl (C=O) groups is 2. The van der Waals surface area contributed by atoms with Crippen LogP contribution >= 0.6 is 0 Å². The number of benzene rings is 1. The van der Waals surface area contributed by atoms with Gasteiger partial charge in [0.25, 0.3) is 0 Å². The lowest BCUT2D eigenvalue weighted by Crippen LogP contribution is -2.41. The normalized spacial score (nSPS) is 25.3. The molecule has 6 nitrogen and oxygen atoms in total. The largest absolute Gasteiger partial charge is 0.481 e. The molecule has 2 aliphatic rings. The highest BCUT2D eigenvalue weighted by atomic mass is 16.4. The molecule has 0 radical (unpaired) electrons. The van der Waals surface area contributed by atoms with Crippen molar-refractivity contribution < 1.29 is 19.1 Å². The number of fused-ring (bicyclic) bond motifs is 2. The summed E-state index contributed by atoms with van der Waals surface area (Å²) in [5.41, 5.74) is 1.04. The van der Waals surface area contributed by atoms with Crippen molar-refractivity contribution >= 4 is 23.0 Å². The Morgan fingerprint density at radius 2 is 2.20 bits per heavy atom. The van der Waals surface area contributed by atoms with E-state index in [1.165, 1.54) is 0 Å². The van der Waals surface area contributed by atoms with E-state index in [0.29, 0.717) is 26.1 Å². The monoisotopic (exact) mass is 342 g/mol. The SMILES string of the molecule is Cc1oc2ccccc2c1CNC(=O)N1C[C@@H]2CCC[C@@]2(C(=O)O)C1. The number of aryl methyl sites for hydroxylation is 1. The van der Waals surface area contributed by atoms with Gasteiger partial charge in [-0.1, -0.05) is 24.6 Å². The van der Waals surface area contributed by atoms with E-state index in [2.05, 4.69) is 5.32 Å². The van der Waals surface area contributed by atoms with Crippen molar-refractivity contribution in [2.24, 2.45) is 11.3 Å². The first-order valence-electron chi connectivity index (χ1n) is 8.74. The van der Waals surface area contributed by atoms with Gasteiger partial charge in [-0.15, -0.1) is 0 Å². The molecule has 2 fully saturated rings. The van der Waals surface area contributed by atoms with Crippen LogP contribution in [0.5, 0.6) is 0 Å². The van der Waals surface area contributed by atoms with Crippen molar-refractivity contribution in [1.82, 2.24) is 10.2 Å². The molecule has 25 heavy (non-hydrogen) atoms. The number of rotatable bonds is 3. The highest BCUT2D eigenvalue weighted by molar-refractivity contribution is 5.84. The number of hydrogen-bond donors (Lipinski definition) is 2. The number of hydrogen-bond acceptors (Lipinski definition) is 3. The van der Waals surface area contributed by atoms with Gasteiger partial charge in [-0.05, 0) is 31.7 Å². The summed E-state index contributed by atoms with van der Waals surface area (Å²) in [6, 6.07) is 7.56. The van der Waals surface area contributed by atoms with Gasteiger partial charge in [0, 0.05) is 30.6 Å². The summed E-state index contributed by atoms with van der Waals surface area (Å²) in [5, 5.41) is 13.6. The summed E-state index contributed by atoms with van der Waals surface area (Å²) in [6.07, 6.45) is 2.50. The molecule has 1 aliphatic heterocycles. The Kier molecular flexibility index (Phi) is 3.71. The molecule has 2 aromatic rings. The molecule has 4 rings (SSSR count). The van der Waals surface area contributed by atoms with Gasteiger partial charge in [-0.2, -0.15) is 0 Å². The molecule has 1 saturated carbocycles. The van der Waals surface area contributed by atoms with Gasteiger partial charge in [0.1, 0.15) is 11.3 Å². The number of carbonyl (C=O) groups excluding carboxylic acids is 1. The summed E-state index contributed by atoms with van der Waals surface area (Å²) in [4.78, 5) is 26.0. The standard InChI is InChI=1S/C19H22N2O4/c1-12-15(14-6-2-3-7-16(14)25-12)9-20-18(24)21-10-13-5-4-8-19(13,11-21)17(22)23/h2-3,6-7,13H,4-5,8-11H2,1H3,(H,20,24)(H,22,23)/t13-,19+/m0/s1. The minimum Gasteiger partial charge on any atom is -0.481 e. The fourth-order valence-corrected chi connectivity index (χ4v) is 4.51. The molecule has 1 saturated heterocycles. The Bertz CT molecular complexity index is 843. The van der Waals surface area contributed by atoms with Crippen molar-refractivity contribution in [3.05, 3.63) is 35.6 Å². The van der Waals surface area contributed by atoms with Crippen LogP contribution in [0.3, 0.4) is 0 Å². The summed E-state index contributed by atoms with van der Waals surface area (Å²) in [7, 11) is 0. The number of nitrogens with one attached hydrogen (secondary N) is 1. The molecule has 2 N–H and O–H groups in total. The Labute approximate surface area is 145 Å². The van der Waals surface area contributed by atoms with Crippen LogP contribution in [0, 0.1) is 18.3 Å². The third kappa shape index (κ3) is 2.47. The van der Waals surface area contributed by atoms with E-state index in [-0.39, 0.29) is 11.9 Å². The Hall–Kier alpha value is -2.50. The summed E-state index contributed by atoms with van der Waals surface area (Å²) >= 11 is 0. The van der Waals surface area contributed by atoms with Crippen molar-refractivity contribution in [1.29, 1.82) is 0 Å². The molecule has 1 aliphatic carbocycles. The first-order valence-corrected chi connectivity index (χ1v) is 8.74. The third-order valence-electron chi connectivity index (χ3n) is 5.90. The van der Waals surface area contributed by atoms with Crippen LogP contribution in [-0.2, 0) is 11.3 Å². The number of para-hydroxylation sites is 1. The molecule has 0 spiro atoms. The quantitative estimate of drug-likeness (QED) is 0.898. The van der Waals surface area contributed by atoms with E-state index < -0.39 is 11.4 Å². The van der Waals surface area contributed by atoms with Crippen molar-refractivity contribution in [2.75, 3.05) is 13.1 Å². The van der Waals surface area contributed by atoms with Crippen LogP contribution in [0.15, 0.2) is 28.7 Å². The van der Waals surface area contributed by atoms with Gasteiger partial charge < -0.3 is 19.7 Å². The summed E-state index contributed by atoms with van der Waals surface area (Å²) < 4.78 is 5.72. The summed E-state index contributed by atoms with van der Waals surface area (Å²) in [5.74, 6) is 0.107. The number of aliphatic carboxylic acids is 1. The number of nitrogens with zero attached hydrogens (tertiary/aromatic N) is 1. The number of urea groups is 1. The summed E-state index contributed by atoms with van der Waals surface area (Å²) in [6.45, 7) is 3.11. The number of carboxylic acid groups (broad SMARTS) is 1. The van der Waals surface area contributed by atoms with Crippen molar-refractivity contribution in [2.45, 2.75) is 32.7 Å². The van der Waals surface area contributed by atoms with Gasteiger partial charge >= 0.3 is 12.0 Å². The lowest BCUT2D eigenvalue weighted by molar-refractivity contribution is -0.149. The molecule has 6 heteroatoms. The minimum atomic E-state index is -0.762. The molecular formula is C19H22N2O4. The first-order chi connectivity index (χ1) is 12.0. The van der Waals surface area contributed by atoms with E-state index in [4.69, 9.17) is 4.42 Å². The van der Waals surface area contributed by atoms with E-state index in [1.807, 2.05) is 31.2 Å². The zero-order chi connectivity index (χ0) is 17.6. The Balaban J connectivity index is 1.46. The van der Waals surface area contributed by atoms with E-state index in [1.54, 1.807) is 4.90 Å². The van der Waals surface area contributed by atoms with Gasteiger partial charge in [0.05, 0.1) is 5.41 Å². The second-order valence-electron chi connectivity index (χ2n) is 7.22. The first kappa shape index (κ1) is 16.0. The zero-order valence-corrected chi connectivity index (χ0v) is 14.2. The maximum Gasteiger partial charge on any atom is 0.317 e. The molecule has 2 heterocycles. The van der Waals surface area contributed by atoms with Crippen molar-refractivity contribution in [3.8, 4) is 0 Å². The van der Waals surface area contributed by atoms with Crippen molar-refractivity contribution in [3.63, 3.8) is 0 Å². The molecular weight excluding hydrogens is 320 g/mol. The molecule has 1 aromatic carbocycles. The fraction of sp³-hybridized carbons (Fsp3) is 0.474. The predicted octanol–water partition coefficient (Wildman–Crippen LogP) is 3.14. The lowest BCUT2D eigenvalue weighted by Gasteiger charge is -2.23. The third-order valence-corrected chi connectivity index (χ3v) is 5.90. The van der Waals surface area contributed by atoms with Crippen LogP contribution in [0.1, 0.15) is 30.6 Å². The second-order valence-corrected chi connectivity index (χ2v) is 7.22. The van der Waals surface area contributed by atoms with Crippen LogP contribution in [0.4, 0.5) is 4.79 Å². The maximum absolute atomic E-state index is 12.6. The predicted molar refractivity (Wildman–Crippen MR) is 92.2 cm³/mol. The van der Waals surface area contributed by atoms with Gasteiger partial charge in [-0.3, -0.25) is 4.79 Å². The smallest absolute Gasteiger partial charge is 0.317 e. The average Bonchev–Trinajstić information content (AvgIpc) is 3.22. The number of furan rings is 1. The van der Waals surface area contributed by atoms with Crippen LogP contribution in [0.2, 0.25) is 0 Å². The molecule has 132 valence electrons. The molecule has 1 aromatic heterocycles. The number of carboxylic acids is 1. The number of likely N-dealkylation sites (tertiary alicyclic amines) is 1. The highest BCUT2D eigenvalue weighted by Crippen LogP contribution is 2.48. The zero-order valence-electron chi connectivity index (χ0n) is 14.2. The highest BCUT2D eigenvalue weighted by Gasteiger charge is 2.55.